The highest BCUT2D eigenvalue weighted by molar-refractivity contribution is 9.10. The average Bonchev–Trinajstić information content (AvgIpc) is 2.98. The third kappa shape index (κ3) is 3.40. The Morgan fingerprint density at radius 3 is 2.50 bits per heavy atom. The Balaban J connectivity index is 1.76. The van der Waals surface area contributed by atoms with Gasteiger partial charge in [0.2, 0.25) is 0 Å². The number of tetrazole rings is 1. The quantitative estimate of drug-likeness (QED) is 0.772. The predicted molar refractivity (Wildman–Crippen MR) is 90.7 cm³/mol. The second-order valence-electron chi connectivity index (χ2n) is 4.77. The molecule has 0 unspecified atom stereocenters. The summed E-state index contributed by atoms with van der Waals surface area (Å²) in [4.78, 5) is 0. The van der Waals surface area contributed by atoms with Crippen LogP contribution in [0.2, 0.25) is 0 Å². The molecule has 1 aromatic heterocycles. The highest BCUT2D eigenvalue weighted by atomic mass is 79.9. The van der Waals surface area contributed by atoms with E-state index in [2.05, 4.69) is 36.8 Å². The van der Waals surface area contributed by atoms with Crippen molar-refractivity contribution in [2.75, 3.05) is 5.32 Å². The zero-order valence-electron chi connectivity index (χ0n) is 11.9. The van der Waals surface area contributed by atoms with E-state index < -0.39 is 0 Å². The molecule has 0 spiro atoms. The number of hydrogen-bond donors (Lipinski definition) is 1. The first-order valence-corrected chi connectivity index (χ1v) is 7.56. The van der Waals surface area contributed by atoms with Gasteiger partial charge in [0.15, 0.2) is 5.82 Å². The van der Waals surface area contributed by atoms with Crippen LogP contribution >= 0.6 is 15.9 Å². The molecule has 6 heteroatoms. The van der Waals surface area contributed by atoms with Crippen molar-refractivity contribution in [2.24, 2.45) is 0 Å². The summed E-state index contributed by atoms with van der Waals surface area (Å²) in [5.41, 5.74) is 3.12. The normalized spacial score (nSPS) is 11.0. The van der Waals surface area contributed by atoms with Crippen molar-refractivity contribution in [2.45, 2.75) is 6.92 Å². The third-order valence-corrected chi connectivity index (χ3v) is 3.63. The number of nitrogens with zero attached hydrogens (tertiary/aromatic N) is 4. The van der Waals surface area contributed by atoms with Gasteiger partial charge in [0.1, 0.15) is 0 Å². The van der Waals surface area contributed by atoms with E-state index in [9.17, 15) is 0 Å². The maximum Gasteiger partial charge on any atom is 0.181 e. The minimum Gasteiger partial charge on any atom is -0.362 e. The number of anilines is 1. The van der Waals surface area contributed by atoms with Gasteiger partial charge in [-0.25, -0.2) is 0 Å². The van der Waals surface area contributed by atoms with Gasteiger partial charge in [-0.15, -0.1) is 5.10 Å². The van der Waals surface area contributed by atoms with Crippen molar-refractivity contribution >= 4 is 27.7 Å². The fourth-order valence-corrected chi connectivity index (χ4v) is 2.19. The predicted octanol–water partition coefficient (Wildman–Crippen LogP) is 3.82. The topological polar surface area (TPSA) is 55.6 Å². The number of aromatic nitrogens is 4. The van der Waals surface area contributed by atoms with Crippen LogP contribution in [0.4, 0.5) is 5.69 Å². The van der Waals surface area contributed by atoms with Crippen molar-refractivity contribution in [3.05, 3.63) is 70.6 Å². The number of halogens is 1. The standard InChI is InChI=1S/C16H14BrN5/c1-12-2-8-15(9-3-12)22-16(19-20-21-22)10-11-18-14-6-4-13(17)5-7-14/h2-11,18H,1H3/b11-10-. The molecule has 0 amide bonds. The first kappa shape index (κ1) is 14.5. The molecular weight excluding hydrogens is 342 g/mol. The number of rotatable bonds is 4. The molecule has 110 valence electrons. The van der Waals surface area contributed by atoms with E-state index in [1.165, 1.54) is 5.56 Å². The molecule has 2 aromatic carbocycles. The summed E-state index contributed by atoms with van der Waals surface area (Å²) >= 11 is 3.41. The molecule has 3 rings (SSSR count). The van der Waals surface area contributed by atoms with Crippen LogP contribution in [0.15, 0.2) is 59.2 Å². The molecule has 0 atom stereocenters. The van der Waals surface area contributed by atoms with Gasteiger partial charge >= 0.3 is 0 Å². The van der Waals surface area contributed by atoms with Crippen molar-refractivity contribution in [1.82, 2.24) is 20.2 Å². The Hall–Kier alpha value is -2.47. The van der Waals surface area contributed by atoms with Gasteiger partial charge in [0.25, 0.3) is 0 Å². The Morgan fingerprint density at radius 2 is 1.77 bits per heavy atom. The molecule has 3 aromatic rings. The van der Waals surface area contributed by atoms with Crippen LogP contribution in [0, 0.1) is 6.92 Å². The summed E-state index contributed by atoms with van der Waals surface area (Å²) in [7, 11) is 0. The Labute approximate surface area is 136 Å². The van der Waals surface area contributed by atoms with E-state index in [1.807, 2.05) is 67.7 Å². The summed E-state index contributed by atoms with van der Waals surface area (Å²) in [5, 5.41) is 15.0. The smallest absolute Gasteiger partial charge is 0.181 e. The molecule has 0 aliphatic carbocycles. The van der Waals surface area contributed by atoms with Gasteiger partial charge in [0.05, 0.1) is 5.69 Å². The van der Waals surface area contributed by atoms with E-state index in [0.29, 0.717) is 5.82 Å². The largest absolute Gasteiger partial charge is 0.362 e. The lowest BCUT2D eigenvalue weighted by atomic mass is 10.2. The lowest BCUT2D eigenvalue weighted by Crippen LogP contribution is -1.99. The zero-order chi connectivity index (χ0) is 15.4. The van der Waals surface area contributed by atoms with Gasteiger partial charge in [-0.3, -0.25) is 0 Å². The highest BCUT2D eigenvalue weighted by Gasteiger charge is 2.04. The van der Waals surface area contributed by atoms with Gasteiger partial charge in [-0.05, 0) is 53.7 Å². The summed E-state index contributed by atoms with van der Waals surface area (Å²) in [5.74, 6) is 0.661. The van der Waals surface area contributed by atoms with Crippen LogP contribution in [0.1, 0.15) is 11.4 Å². The van der Waals surface area contributed by atoms with Gasteiger partial charge in [-0.1, -0.05) is 33.6 Å². The molecule has 0 aliphatic heterocycles. The Morgan fingerprint density at radius 1 is 1.05 bits per heavy atom. The van der Waals surface area contributed by atoms with Gasteiger partial charge in [0, 0.05) is 22.4 Å². The summed E-state index contributed by atoms with van der Waals surface area (Å²) in [6, 6.07) is 16.0. The summed E-state index contributed by atoms with van der Waals surface area (Å²) < 4.78 is 2.74. The SMILES string of the molecule is Cc1ccc(-n2nnnc2/C=C\Nc2ccc(Br)cc2)cc1. The fourth-order valence-electron chi connectivity index (χ4n) is 1.93. The molecule has 0 bridgehead atoms. The van der Waals surface area contributed by atoms with Gasteiger partial charge < -0.3 is 5.32 Å². The van der Waals surface area contributed by atoms with Crippen LogP contribution in [0.3, 0.4) is 0 Å². The van der Waals surface area contributed by atoms with Gasteiger partial charge in [-0.2, -0.15) is 4.68 Å². The average molecular weight is 356 g/mol. The zero-order valence-corrected chi connectivity index (χ0v) is 13.5. The Bertz CT molecular complexity index is 775. The van der Waals surface area contributed by atoms with Crippen LogP contribution in [-0.2, 0) is 0 Å². The van der Waals surface area contributed by atoms with E-state index in [0.717, 1.165) is 15.8 Å². The monoisotopic (exact) mass is 355 g/mol. The van der Waals surface area contributed by atoms with E-state index in [1.54, 1.807) is 4.68 Å². The highest BCUT2D eigenvalue weighted by Crippen LogP contribution is 2.14. The number of hydrogen-bond acceptors (Lipinski definition) is 4. The Kier molecular flexibility index (Phi) is 4.29. The van der Waals surface area contributed by atoms with E-state index in [-0.39, 0.29) is 0 Å². The number of benzene rings is 2. The molecule has 5 nitrogen and oxygen atoms in total. The minimum atomic E-state index is 0.661. The molecule has 0 saturated heterocycles. The first-order chi connectivity index (χ1) is 10.7. The maximum absolute atomic E-state index is 4.03. The summed E-state index contributed by atoms with van der Waals surface area (Å²) in [6.07, 6.45) is 3.65. The lowest BCUT2D eigenvalue weighted by molar-refractivity contribution is 0.786. The second-order valence-corrected chi connectivity index (χ2v) is 5.68. The molecule has 0 aliphatic rings. The second kappa shape index (κ2) is 6.53. The summed E-state index contributed by atoms with van der Waals surface area (Å²) in [6.45, 7) is 2.05. The van der Waals surface area contributed by atoms with Crippen LogP contribution < -0.4 is 5.32 Å². The molecular formula is C16H14BrN5. The van der Waals surface area contributed by atoms with Crippen molar-refractivity contribution in [1.29, 1.82) is 0 Å². The van der Waals surface area contributed by atoms with Crippen molar-refractivity contribution in [3.8, 4) is 5.69 Å². The lowest BCUT2D eigenvalue weighted by Gasteiger charge is -2.03. The van der Waals surface area contributed by atoms with Crippen LogP contribution in [0.5, 0.6) is 0 Å². The number of aryl methyl sites for hydroxylation is 1. The molecule has 0 saturated carbocycles. The maximum atomic E-state index is 4.03. The van der Waals surface area contributed by atoms with E-state index >= 15 is 0 Å². The molecule has 22 heavy (non-hydrogen) atoms. The van der Waals surface area contributed by atoms with Crippen LogP contribution in [-0.4, -0.2) is 20.2 Å². The molecule has 1 heterocycles. The number of nitrogens with one attached hydrogen (secondary N) is 1. The third-order valence-electron chi connectivity index (χ3n) is 3.10. The van der Waals surface area contributed by atoms with Crippen LogP contribution in [0.25, 0.3) is 11.8 Å². The molecule has 1 N–H and O–H groups in total. The fraction of sp³-hybridized carbons (Fsp3) is 0.0625. The van der Waals surface area contributed by atoms with Crippen molar-refractivity contribution in [3.63, 3.8) is 0 Å². The minimum absolute atomic E-state index is 0.661. The first-order valence-electron chi connectivity index (χ1n) is 6.76. The molecule has 0 fully saturated rings. The molecule has 0 radical (unpaired) electrons. The van der Waals surface area contributed by atoms with Crippen molar-refractivity contribution < 1.29 is 0 Å². The van der Waals surface area contributed by atoms with E-state index in [4.69, 9.17) is 0 Å².